The molecule has 1 atom stereocenters. The largest absolute Gasteiger partial charge is 0.494 e. The fraction of sp³-hybridized carbons (Fsp3) is 0.250. The van der Waals surface area contributed by atoms with Gasteiger partial charge in [0.15, 0.2) is 9.84 Å². The molecule has 0 spiro atoms. The van der Waals surface area contributed by atoms with E-state index >= 15 is 0 Å². The van der Waals surface area contributed by atoms with Gasteiger partial charge in [0.05, 0.1) is 23.4 Å². The zero-order chi connectivity index (χ0) is 15.3. The van der Waals surface area contributed by atoms with Gasteiger partial charge in [0.1, 0.15) is 5.75 Å². The van der Waals surface area contributed by atoms with Crippen LogP contribution >= 0.6 is 0 Å². The van der Waals surface area contributed by atoms with Gasteiger partial charge in [-0.25, -0.2) is 8.42 Å². The second-order valence-corrected chi connectivity index (χ2v) is 6.65. The van der Waals surface area contributed by atoms with Gasteiger partial charge in [0.25, 0.3) is 0 Å². The SMILES string of the molecule is CCOc1ccc(C(O)CS(=O)(=O)c2ccccc2)cc1. The molecule has 2 aromatic rings. The molecule has 1 N–H and O–H groups in total. The first kappa shape index (κ1) is 15.5. The van der Waals surface area contributed by atoms with Gasteiger partial charge >= 0.3 is 0 Å². The normalized spacial score (nSPS) is 12.9. The van der Waals surface area contributed by atoms with Crippen LogP contribution in [0.2, 0.25) is 0 Å². The van der Waals surface area contributed by atoms with Gasteiger partial charge in [0.2, 0.25) is 0 Å². The van der Waals surface area contributed by atoms with Crippen LogP contribution in [-0.2, 0) is 9.84 Å². The number of rotatable bonds is 6. The molecular weight excluding hydrogens is 288 g/mol. The average Bonchev–Trinajstić information content (AvgIpc) is 2.49. The highest BCUT2D eigenvalue weighted by atomic mass is 32.2. The van der Waals surface area contributed by atoms with Gasteiger partial charge in [-0.05, 0) is 36.8 Å². The van der Waals surface area contributed by atoms with Crippen molar-refractivity contribution in [3.8, 4) is 5.75 Å². The predicted octanol–water partition coefficient (Wildman–Crippen LogP) is 2.59. The average molecular weight is 306 g/mol. The molecule has 0 fully saturated rings. The first-order valence-electron chi connectivity index (χ1n) is 6.71. The maximum Gasteiger partial charge on any atom is 0.181 e. The third kappa shape index (κ3) is 4.06. The smallest absolute Gasteiger partial charge is 0.181 e. The first-order valence-corrected chi connectivity index (χ1v) is 8.37. The molecule has 0 aromatic heterocycles. The van der Waals surface area contributed by atoms with Crippen molar-refractivity contribution < 1.29 is 18.3 Å². The Kier molecular flexibility index (Phi) is 4.98. The van der Waals surface area contributed by atoms with E-state index in [4.69, 9.17) is 4.74 Å². The first-order chi connectivity index (χ1) is 10.0. The van der Waals surface area contributed by atoms with Crippen LogP contribution in [0.5, 0.6) is 5.75 Å². The third-order valence-electron chi connectivity index (χ3n) is 3.06. The van der Waals surface area contributed by atoms with Crippen molar-refractivity contribution in [2.45, 2.75) is 17.9 Å². The zero-order valence-electron chi connectivity index (χ0n) is 11.8. The van der Waals surface area contributed by atoms with Crippen LogP contribution in [-0.4, -0.2) is 25.9 Å². The number of hydrogen-bond donors (Lipinski definition) is 1. The fourth-order valence-electron chi connectivity index (χ4n) is 1.98. The van der Waals surface area contributed by atoms with Crippen LogP contribution in [0, 0.1) is 0 Å². The lowest BCUT2D eigenvalue weighted by atomic mass is 10.1. The number of benzene rings is 2. The Morgan fingerprint density at radius 1 is 1.05 bits per heavy atom. The summed E-state index contributed by atoms with van der Waals surface area (Å²) in [7, 11) is -3.51. The van der Waals surface area contributed by atoms with Crippen molar-refractivity contribution in [1.82, 2.24) is 0 Å². The molecule has 4 nitrogen and oxygen atoms in total. The number of ether oxygens (including phenoxy) is 1. The summed E-state index contributed by atoms with van der Waals surface area (Å²) in [6.07, 6.45) is -1.06. The Labute approximate surface area is 124 Å². The zero-order valence-corrected chi connectivity index (χ0v) is 12.6. The maximum absolute atomic E-state index is 12.2. The molecule has 112 valence electrons. The van der Waals surface area contributed by atoms with Crippen molar-refractivity contribution in [2.24, 2.45) is 0 Å². The van der Waals surface area contributed by atoms with Crippen molar-refractivity contribution in [2.75, 3.05) is 12.4 Å². The van der Waals surface area contributed by atoms with Crippen molar-refractivity contribution in [1.29, 1.82) is 0 Å². The van der Waals surface area contributed by atoms with Crippen molar-refractivity contribution >= 4 is 9.84 Å². The number of aliphatic hydroxyl groups excluding tert-OH is 1. The molecule has 1 unspecified atom stereocenters. The Bertz CT molecular complexity index is 663. The van der Waals surface area contributed by atoms with Crippen LogP contribution in [0.25, 0.3) is 0 Å². The predicted molar refractivity (Wildman–Crippen MR) is 81.1 cm³/mol. The molecule has 2 aromatic carbocycles. The Morgan fingerprint density at radius 2 is 1.67 bits per heavy atom. The summed E-state index contributed by atoms with van der Waals surface area (Å²) in [6.45, 7) is 2.44. The molecule has 0 aliphatic carbocycles. The minimum atomic E-state index is -3.51. The molecule has 0 amide bonds. The summed E-state index contributed by atoms with van der Waals surface area (Å²) >= 11 is 0. The molecule has 0 saturated carbocycles. The quantitative estimate of drug-likeness (QED) is 0.891. The van der Waals surface area contributed by atoms with E-state index in [1.165, 1.54) is 12.1 Å². The fourth-order valence-corrected chi connectivity index (χ4v) is 3.35. The summed E-state index contributed by atoms with van der Waals surface area (Å²) in [5, 5.41) is 10.1. The molecule has 0 saturated heterocycles. The van der Waals surface area contributed by atoms with E-state index in [0.717, 1.165) is 0 Å². The maximum atomic E-state index is 12.2. The minimum Gasteiger partial charge on any atom is -0.494 e. The van der Waals surface area contributed by atoms with Crippen LogP contribution in [0.4, 0.5) is 0 Å². The van der Waals surface area contributed by atoms with E-state index in [0.29, 0.717) is 17.9 Å². The highest BCUT2D eigenvalue weighted by Gasteiger charge is 2.20. The number of hydrogen-bond acceptors (Lipinski definition) is 4. The van der Waals surface area contributed by atoms with Crippen LogP contribution < -0.4 is 4.74 Å². The molecule has 2 rings (SSSR count). The van der Waals surface area contributed by atoms with Gasteiger partial charge in [-0.3, -0.25) is 0 Å². The van der Waals surface area contributed by atoms with Crippen LogP contribution in [0.15, 0.2) is 59.5 Å². The highest BCUT2D eigenvalue weighted by molar-refractivity contribution is 7.91. The van der Waals surface area contributed by atoms with E-state index < -0.39 is 15.9 Å². The Hall–Kier alpha value is -1.85. The Morgan fingerprint density at radius 3 is 2.24 bits per heavy atom. The molecule has 0 aliphatic heterocycles. The second-order valence-electron chi connectivity index (χ2n) is 4.61. The molecule has 5 heteroatoms. The van der Waals surface area contributed by atoms with E-state index in [1.54, 1.807) is 42.5 Å². The van der Waals surface area contributed by atoms with Gasteiger partial charge in [-0.15, -0.1) is 0 Å². The molecule has 0 bridgehead atoms. The van der Waals surface area contributed by atoms with Gasteiger partial charge in [0, 0.05) is 0 Å². The standard InChI is InChI=1S/C16H18O4S/c1-2-20-14-10-8-13(9-11-14)16(17)12-21(18,19)15-6-4-3-5-7-15/h3-11,16-17H,2,12H2,1H3. The van der Waals surface area contributed by atoms with E-state index in [9.17, 15) is 13.5 Å². The monoisotopic (exact) mass is 306 g/mol. The van der Waals surface area contributed by atoms with E-state index in [2.05, 4.69) is 0 Å². The highest BCUT2D eigenvalue weighted by Crippen LogP contribution is 2.22. The van der Waals surface area contributed by atoms with Gasteiger partial charge < -0.3 is 9.84 Å². The summed E-state index contributed by atoms with van der Waals surface area (Å²) in [5.41, 5.74) is 0.554. The molecule has 0 radical (unpaired) electrons. The van der Waals surface area contributed by atoms with Gasteiger partial charge in [-0.2, -0.15) is 0 Å². The summed E-state index contributed by atoms with van der Waals surface area (Å²) < 4.78 is 29.7. The third-order valence-corrected chi connectivity index (χ3v) is 4.80. The van der Waals surface area contributed by atoms with Crippen molar-refractivity contribution in [3.63, 3.8) is 0 Å². The summed E-state index contributed by atoms with van der Waals surface area (Å²) in [6, 6.07) is 14.9. The second kappa shape index (κ2) is 6.74. The van der Waals surface area contributed by atoms with Crippen molar-refractivity contribution in [3.05, 3.63) is 60.2 Å². The van der Waals surface area contributed by atoms with Crippen LogP contribution in [0.3, 0.4) is 0 Å². The van der Waals surface area contributed by atoms with E-state index in [-0.39, 0.29) is 10.6 Å². The minimum absolute atomic E-state index is 0.218. The number of sulfone groups is 1. The van der Waals surface area contributed by atoms with Crippen LogP contribution in [0.1, 0.15) is 18.6 Å². The topological polar surface area (TPSA) is 63.6 Å². The lowest BCUT2D eigenvalue weighted by molar-refractivity contribution is 0.201. The van der Waals surface area contributed by atoms with Gasteiger partial charge in [-0.1, -0.05) is 30.3 Å². The lowest BCUT2D eigenvalue weighted by Gasteiger charge is -2.12. The lowest BCUT2D eigenvalue weighted by Crippen LogP contribution is -2.14. The molecule has 0 aliphatic rings. The molecular formula is C16H18O4S. The van der Waals surface area contributed by atoms with E-state index in [1.807, 2.05) is 6.92 Å². The Balaban J connectivity index is 2.12. The summed E-state index contributed by atoms with van der Waals surface area (Å²) in [4.78, 5) is 0.218. The summed E-state index contributed by atoms with van der Waals surface area (Å²) in [5.74, 6) is 0.352. The molecule has 21 heavy (non-hydrogen) atoms. The molecule has 0 heterocycles. The number of aliphatic hydroxyl groups is 1.